The molecule has 0 fully saturated rings. The van der Waals surface area contributed by atoms with Gasteiger partial charge in [-0.2, -0.15) is 8.78 Å². The minimum absolute atomic E-state index is 0.0865. The molecule has 116 valence electrons. The molecule has 0 aliphatic heterocycles. The first-order chi connectivity index (χ1) is 10.5. The first-order valence-electron chi connectivity index (χ1n) is 6.81. The molecule has 0 saturated heterocycles. The van der Waals surface area contributed by atoms with Crippen molar-refractivity contribution in [2.24, 2.45) is 0 Å². The van der Waals surface area contributed by atoms with E-state index in [1.165, 1.54) is 12.1 Å². The number of nitrogens with zero attached hydrogens (tertiary/aromatic N) is 1. The van der Waals surface area contributed by atoms with Crippen LogP contribution in [-0.4, -0.2) is 24.5 Å². The van der Waals surface area contributed by atoms with Crippen LogP contribution in [-0.2, 0) is 6.54 Å². The lowest BCUT2D eigenvalue weighted by Crippen LogP contribution is -2.26. The number of alkyl halides is 2. The summed E-state index contributed by atoms with van der Waals surface area (Å²) in [5, 5.41) is 0. The second-order valence-corrected chi connectivity index (χ2v) is 5.05. The lowest BCUT2D eigenvalue weighted by atomic mass is 10.1. The molecule has 5 heteroatoms. The van der Waals surface area contributed by atoms with Crippen LogP contribution in [0.2, 0.25) is 0 Å². The summed E-state index contributed by atoms with van der Waals surface area (Å²) in [5.74, 6) is 0.0167. The van der Waals surface area contributed by atoms with E-state index in [0.29, 0.717) is 12.1 Å². The maximum absolute atomic E-state index is 12.3. The second-order valence-electron chi connectivity index (χ2n) is 5.05. The van der Waals surface area contributed by atoms with E-state index < -0.39 is 6.61 Å². The van der Waals surface area contributed by atoms with E-state index in [4.69, 9.17) is 0 Å². The van der Waals surface area contributed by atoms with E-state index in [1.807, 2.05) is 25.1 Å². The Morgan fingerprint density at radius 1 is 1.18 bits per heavy atom. The lowest BCUT2D eigenvalue weighted by molar-refractivity contribution is -0.0498. The summed E-state index contributed by atoms with van der Waals surface area (Å²) in [6.07, 6.45) is 0. The summed E-state index contributed by atoms with van der Waals surface area (Å²) in [5.41, 5.74) is 2.48. The van der Waals surface area contributed by atoms with Crippen molar-refractivity contribution in [2.45, 2.75) is 20.1 Å². The number of ether oxygens (including phenoxy) is 1. The molecular formula is C17H17F2NO2. The van der Waals surface area contributed by atoms with Crippen LogP contribution in [0.4, 0.5) is 8.78 Å². The molecule has 0 unspecified atom stereocenters. The van der Waals surface area contributed by atoms with Gasteiger partial charge in [0.1, 0.15) is 5.75 Å². The van der Waals surface area contributed by atoms with E-state index in [2.05, 4.69) is 4.74 Å². The fourth-order valence-corrected chi connectivity index (χ4v) is 2.12. The van der Waals surface area contributed by atoms with Crippen LogP contribution in [0, 0.1) is 6.92 Å². The average molecular weight is 305 g/mol. The van der Waals surface area contributed by atoms with Crippen LogP contribution in [0.15, 0.2) is 48.5 Å². The number of benzene rings is 2. The Balaban J connectivity index is 2.02. The van der Waals surface area contributed by atoms with Crippen molar-refractivity contribution in [1.82, 2.24) is 4.90 Å². The van der Waals surface area contributed by atoms with Gasteiger partial charge in [0.05, 0.1) is 0 Å². The molecule has 0 bridgehead atoms. The van der Waals surface area contributed by atoms with Gasteiger partial charge in [0.2, 0.25) is 0 Å². The summed E-state index contributed by atoms with van der Waals surface area (Å²) in [7, 11) is 1.70. The summed E-state index contributed by atoms with van der Waals surface area (Å²) in [6.45, 7) is -0.517. The topological polar surface area (TPSA) is 29.5 Å². The van der Waals surface area contributed by atoms with Crippen molar-refractivity contribution in [3.05, 3.63) is 65.2 Å². The smallest absolute Gasteiger partial charge is 0.387 e. The Morgan fingerprint density at radius 3 is 2.45 bits per heavy atom. The van der Waals surface area contributed by atoms with Crippen molar-refractivity contribution < 1.29 is 18.3 Å². The van der Waals surface area contributed by atoms with Crippen LogP contribution < -0.4 is 4.74 Å². The average Bonchev–Trinajstić information content (AvgIpc) is 2.48. The zero-order valence-corrected chi connectivity index (χ0v) is 12.4. The van der Waals surface area contributed by atoms with Gasteiger partial charge in [0, 0.05) is 19.2 Å². The number of hydrogen-bond donors (Lipinski definition) is 0. The van der Waals surface area contributed by atoms with Crippen LogP contribution in [0.3, 0.4) is 0 Å². The molecule has 0 saturated carbocycles. The molecule has 2 aromatic carbocycles. The Bertz CT molecular complexity index is 641. The summed E-state index contributed by atoms with van der Waals surface area (Å²) >= 11 is 0. The van der Waals surface area contributed by atoms with Crippen molar-refractivity contribution in [3.8, 4) is 5.75 Å². The molecule has 0 spiro atoms. The number of carbonyl (C=O) groups excluding carboxylic acids is 1. The minimum Gasteiger partial charge on any atom is -0.435 e. The third-order valence-electron chi connectivity index (χ3n) is 3.18. The van der Waals surface area contributed by atoms with Crippen molar-refractivity contribution >= 4 is 5.91 Å². The van der Waals surface area contributed by atoms with Gasteiger partial charge in [0.25, 0.3) is 5.91 Å². The van der Waals surface area contributed by atoms with E-state index in [1.54, 1.807) is 30.1 Å². The van der Waals surface area contributed by atoms with Crippen molar-refractivity contribution in [2.75, 3.05) is 7.05 Å². The van der Waals surface area contributed by atoms with Crippen molar-refractivity contribution in [3.63, 3.8) is 0 Å². The maximum atomic E-state index is 12.3. The largest absolute Gasteiger partial charge is 0.435 e. The molecule has 1 amide bonds. The number of hydrogen-bond acceptors (Lipinski definition) is 2. The van der Waals surface area contributed by atoms with E-state index in [9.17, 15) is 13.6 Å². The summed E-state index contributed by atoms with van der Waals surface area (Å²) < 4.78 is 28.5. The second kappa shape index (κ2) is 7.02. The monoisotopic (exact) mass is 305 g/mol. The molecule has 0 atom stereocenters. The van der Waals surface area contributed by atoms with Crippen LogP contribution >= 0.6 is 0 Å². The normalized spacial score (nSPS) is 10.6. The SMILES string of the molecule is Cc1cccc(C(=O)N(C)Cc2ccc(OC(F)F)cc2)c1. The van der Waals surface area contributed by atoms with Crippen LogP contribution in [0.25, 0.3) is 0 Å². The zero-order valence-electron chi connectivity index (χ0n) is 12.4. The van der Waals surface area contributed by atoms with Crippen LogP contribution in [0.1, 0.15) is 21.5 Å². The first kappa shape index (κ1) is 15.9. The molecule has 3 nitrogen and oxygen atoms in total. The number of halogens is 2. The highest BCUT2D eigenvalue weighted by molar-refractivity contribution is 5.94. The highest BCUT2D eigenvalue weighted by Gasteiger charge is 2.12. The minimum atomic E-state index is -2.84. The van der Waals surface area contributed by atoms with E-state index in [0.717, 1.165) is 11.1 Å². The highest BCUT2D eigenvalue weighted by Crippen LogP contribution is 2.16. The summed E-state index contributed by atoms with van der Waals surface area (Å²) in [6, 6.07) is 13.6. The molecule has 2 aromatic rings. The third kappa shape index (κ3) is 4.28. The Kier molecular flexibility index (Phi) is 5.09. The predicted octanol–water partition coefficient (Wildman–Crippen LogP) is 3.87. The standard InChI is InChI=1S/C17H17F2NO2/c1-12-4-3-5-14(10-12)16(21)20(2)11-13-6-8-15(9-7-13)22-17(18)19/h3-10,17H,11H2,1-2H3. The molecule has 0 aromatic heterocycles. The first-order valence-corrected chi connectivity index (χ1v) is 6.81. The van der Waals surface area contributed by atoms with Gasteiger partial charge in [-0.1, -0.05) is 29.8 Å². The van der Waals surface area contributed by atoms with Crippen LogP contribution in [0.5, 0.6) is 5.75 Å². The number of aryl methyl sites for hydroxylation is 1. The maximum Gasteiger partial charge on any atom is 0.387 e. The molecule has 0 aliphatic carbocycles. The van der Waals surface area contributed by atoms with E-state index in [-0.39, 0.29) is 11.7 Å². The lowest BCUT2D eigenvalue weighted by Gasteiger charge is -2.18. The molecule has 22 heavy (non-hydrogen) atoms. The Hall–Kier alpha value is -2.43. The fraction of sp³-hybridized carbons (Fsp3) is 0.235. The van der Waals surface area contributed by atoms with Gasteiger partial charge >= 0.3 is 6.61 Å². The van der Waals surface area contributed by atoms with Crippen molar-refractivity contribution in [1.29, 1.82) is 0 Å². The molecular weight excluding hydrogens is 288 g/mol. The fourth-order valence-electron chi connectivity index (χ4n) is 2.12. The van der Waals surface area contributed by atoms with Gasteiger partial charge in [-0.15, -0.1) is 0 Å². The molecule has 0 aliphatic rings. The molecule has 2 rings (SSSR count). The number of rotatable bonds is 5. The number of carbonyl (C=O) groups is 1. The predicted molar refractivity (Wildman–Crippen MR) is 80.1 cm³/mol. The third-order valence-corrected chi connectivity index (χ3v) is 3.18. The molecule has 0 radical (unpaired) electrons. The Labute approximate surface area is 128 Å². The molecule has 0 N–H and O–H groups in total. The number of amides is 1. The zero-order chi connectivity index (χ0) is 16.1. The quantitative estimate of drug-likeness (QED) is 0.839. The Morgan fingerprint density at radius 2 is 1.86 bits per heavy atom. The van der Waals surface area contributed by atoms with Gasteiger partial charge in [0.15, 0.2) is 0 Å². The van der Waals surface area contributed by atoms with Gasteiger partial charge in [-0.3, -0.25) is 4.79 Å². The highest BCUT2D eigenvalue weighted by atomic mass is 19.3. The van der Waals surface area contributed by atoms with Gasteiger partial charge in [-0.25, -0.2) is 0 Å². The van der Waals surface area contributed by atoms with Gasteiger partial charge in [-0.05, 0) is 36.8 Å². The van der Waals surface area contributed by atoms with E-state index >= 15 is 0 Å². The molecule has 0 heterocycles. The summed E-state index contributed by atoms with van der Waals surface area (Å²) in [4.78, 5) is 13.9. The van der Waals surface area contributed by atoms with Gasteiger partial charge < -0.3 is 9.64 Å².